The Morgan fingerprint density at radius 3 is 3.04 bits per heavy atom. The van der Waals surface area contributed by atoms with Crippen molar-refractivity contribution >= 4 is 34.6 Å². The first kappa shape index (κ1) is 16.4. The van der Waals surface area contributed by atoms with Gasteiger partial charge in [-0.05, 0) is 29.6 Å². The largest absolute Gasteiger partial charge is 0.495 e. The van der Waals surface area contributed by atoms with Gasteiger partial charge in [0.2, 0.25) is 5.89 Å². The highest BCUT2D eigenvalue weighted by Gasteiger charge is 2.07. The van der Waals surface area contributed by atoms with E-state index in [0.29, 0.717) is 28.9 Å². The second kappa shape index (κ2) is 7.37. The Kier molecular flexibility index (Phi) is 5.02. The lowest BCUT2D eigenvalue weighted by Crippen LogP contribution is -2.22. The van der Waals surface area contributed by atoms with Crippen molar-refractivity contribution in [2.45, 2.75) is 6.54 Å². The first-order chi connectivity index (χ1) is 11.7. The first-order valence-electron chi connectivity index (χ1n) is 7.04. The first-order valence-corrected chi connectivity index (χ1v) is 8.30. The fourth-order valence-corrected chi connectivity index (χ4v) is 2.90. The summed E-state index contributed by atoms with van der Waals surface area (Å²) in [6.07, 6.45) is 1.58. The molecule has 0 aliphatic rings. The van der Waals surface area contributed by atoms with Crippen LogP contribution in [0.25, 0.3) is 10.8 Å². The Labute approximate surface area is 147 Å². The van der Waals surface area contributed by atoms with E-state index in [4.69, 9.17) is 26.5 Å². The molecule has 3 aromatic rings. The van der Waals surface area contributed by atoms with Crippen molar-refractivity contribution in [3.8, 4) is 16.5 Å². The van der Waals surface area contributed by atoms with Crippen molar-refractivity contribution < 1.29 is 9.15 Å². The number of nitrogens with two attached hydrogens (primary N) is 1. The molecular formula is C16H15ClN4O2S. The van der Waals surface area contributed by atoms with Crippen LogP contribution in [0.3, 0.4) is 0 Å². The van der Waals surface area contributed by atoms with Crippen molar-refractivity contribution in [1.82, 2.24) is 4.98 Å². The van der Waals surface area contributed by atoms with Crippen LogP contribution in [0.5, 0.6) is 5.75 Å². The smallest absolute Gasteiger partial charge is 0.236 e. The molecular weight excluding hydrogens is 348 g/mol. The number of ether oxygens (including phenoxy) is 1. The Hall–Kier alpha value is -2.51. The molecule has 0 saturated carbocycles. The van der Waals surface area contributed by atoms with E-state index in [1.807, 2.05) is 17.5 Å². The second-order valence-electron chi connectivity index (χ2n) is 4.80. The number of nitrogens with one attached hydrogen (secondary N) is 1. The van der Waals surface area contributed by atoms with Crippen LogP contribution in [0.4, 0.5) is 5.69 Å². The number of aromatic nitrogens is 1. The van der Waals surface area contributed by atoms with E-state index in [1.54, 1.807) is 42.9 Å². The SMILES string of the molecule is COc1ccc(NC(N)=NCc2coc(-c3cccs3)n2)cc1Cl. The zero-order valence-electron chi connectivity index (χ0n) is 12.8. The summed E-state index contributed by atoms with van der Waals surface area (Å²) in [6.45, 7) is 0.317. The summed E-state index contributed by atoms with van der Waals surface area (Å²) in [5.74, 6) is 1.45. The number of hydrogen-bond donors (Lipinski definition) is 2. The second-order valence-corrected chi connectivity index (χ2v) is 6.15. The van der Waals surface area contributed by atoms with Gasteiger partial charge in [-0.2, -0.15) is 0 Å². The van der Waals surface area contributed by atoms with Gasteiger partial charge in [0, 0.05) is 5.69 Å². The predicted octanol–water partition coefficient (Wildman–Crippen LogP) is 3.99. The molecule has 0 fully saturated rings. The van der Waals surface area contributed by atoms with Gasteiger partial charge in [0.1, 0.15) is 17.7 Å². The number of rotatable bonds is 5. The van der Waals surface area contributed by atoms with Crippen molar-refractivity contribution in [2.24, 2.45) is 10.7 Å². The van der Waals surface area contributed by atoms with Crippen molar-refractivity contribution in [2.75, 3.05) is 12.4 Å². The number of anilines is 1. The van der Waals surface area contributed by atoms with E-state index in [0.717, 1.165) is 10.6 Å². The van der Waals surface area contributed by atoms with Gasteiger partial charge in [0.05, 0.1) is 23.6 Å². The number of nitrogens with zero attached hydrogens (tertiary/aromatic N) is 2. The number of aliphatic imine (C=N–C) groups is 1. The number of guanidine groups is 1. The van der Waals surface area contributed by atoms with E-state index in [9.17, 15) is 0 Å². The van der Waals surface area contributed by atoms with Crippen molar-refractivity contribution in [1.29, 1.82) is 0 Å². The van der Waals surface area contributed by atoms with E-state index < -0.39 is 0 Å². The molecule has 0 bridgehead atoms. The third-order valence-corrected chi connectivity index (χ3v) is 4.27. The number of oxazole rings is 1. The molecule has 2 aromatic heterocycles. The van der Waals surface area contributed by atoms with Crippen LogP contribution in [0.1, 0.15) is 5.69 Å². The summed E-state index contributed by atoms with van der Waals surface area (Å²) in [5, 5.41) is 5.43. The van der Waals surface area contributed by atoms with Gasteiger partial charge in [-0.3, -0.25) is 0 Å². The molecule has 2 heterocycles. The Balaban J connectivity index is 1.63. The molecule has 3 N–H and O–H groups in total. The lowest BCUT2D eigenvalue weighted by atomic mass is 10.3. The maximum absolute atomic E-state index is 6.07. The molecule has 3 rings (SSSR count). The average Bonchev–Trinajstić information content (AvgIpc) is 3.24. The molecule has 0 amide bonds. The summed E-state index contributed by atoms with van der Waals surface area (Å²) in [5.41, 5.74) is 7.31. The van der Waals surface area contributed by atoms with Gasteiger partial charge < -0.3 is 20.2 Å². The van der Waals surface area contributed by atoms with Crippen LogP contribution in [-0.4, -0.2) is 18.1 Å². The molecule has 1 aromatic carbocycles. The van der Waals surface area contributed by atoms with E-state index in [-0.39, 0.29) is 5.96 Å². The Morgan fingerprint density at radius 2 is 2.33 bits per heavy atom. The highest BCUT2D eigenvalue weighted by atomic mass is 35.5. The molecule has 0 spiro atoms. The monoisotopic (exact) mass is 362 g/mol. The van der Waals surface area contributed by atoms with Gasteiger partial charge in [0.15, 0.2) is 5.96 Å². The summed E-state index contributed by atoms with van der Waals surface area (Å²) < 4.78 is 10.5. The zero-order chi connectivity index (χ0) is 16.9. The predicted molar refractivity (Wildman–Crippen MR) is 96.8 cm³/mol. The maximum atomic E-state index is 6.07. The molecule has 24 heavy (non-hydrogen) atoms. The van der Waals surface area contributed by atoms with Crippen LogP contribution in [0, 0.1) is 0 Å². The molecule has 6 nitrogen and oxygen atoms in total. The summed E-state index contributed by atoms with van der Waals surface area (Å²) >= 11 is 7.64. The fraction of sp³-hybridized carbons (Fsp3) is 0.125. The Bertz CT molecular complexity index is 846. The number of thiophene rings is 1. The molecule has 8 heteroatoms. The maximum Gasteiger partial charge on any atom is 0.236 e. The van der Waals surface area contributed by atoms with Gasteiger partial charge in [-0.25, -0.2) is 9.98 Å². The molecule has 0 aliphatic heterocycles. The van der Waals surface area contributed by atoms with Crippen LogP contribution >= 0.6 is 22.9 Å². The van der Waals surface area contributed by atoms with Gasteiger partial charge >= 0.3 is 0 Å². The standard InChI is InChI=1S/C16H15ClN4O2S/c1-22-13-5-4-10(7-12(13)17)21-16(18)19-8-11-9-23-15(20-11)14-3-2-6-24-14/h2-7,9H,8H2,1H3,(H3,18,19,21). The van der Waals surface area contributed by atoms with Crippen molar-refractivity contribution in [3.63, 3.8) is 0 Å². The van der Waals surface area contributed by atoms with Crippen LogP contribution in [0.2, 0.25) is 5.02 Å². The molecule has 124 valence electrons. The molecule has 0 unspecified atom stereocenters. The highest BCUT2D eigenvalue weighted by molar-refractivity contribution is 7.13. The Morgan fingerprint density at radius 1 is 1.46 bits per heavy atom. The minimum Gasteiger partial charge on any atom is -0.495 e. The normalized spacial score (nSPS) is 11.5. The highest BCUT2D eigenvalue weighted by Crippen LogP contribution is 2.27. The third-order valence-electron chi connectivity index (χ3n) is 3.12. The number of halogens is 1. The van der Waals surface area contributed by atoms with Gasteiger partial charge in [-0.1, -0.05) is 17.7 Å². The number of methoxy groups -OCH3 is 1. The van der Waals surface area contributed by atoms with E-state index in [1.165, 1.54) is 0 Å². The van der Waals surface area contributed by atoms with E-state index in [2.05, 4.69) is 15.3 Å². The van der Waals surface area contributed by atoms with Gasteiger partial charge in [-0.15, -0.1) is 11.3 Å². The lowest BCUT2D eigenvalue weighted by molar-refractivity contribution is 0.415. The topological polar surface area (TPSA) is 85.7 Å². The zero-order valence-corrected chi connectivity index (χ0v) is 14.4. The molecule has 0 atom stereocenters. The molecule has 0 saturated heterocycles. The molecule has 0 aliphatic carbocycles. The number of benzene rings is 1. The van der Waals surface area contributed by atoms with E-state index >= 15 is 0 Å². The number of hydrogen-bond acceptors (Lipinski definition) is 5. The van der Waals surface area contributed by atoms with Crippen LogP contribution < -0.4 is 15.8 Å². The lowest BCUT2D eigenvalue weighted by Gasteiger charge is -2.08. The minimum absolute atomic E-state index is 0.261. The third kappa shape index (κ3) is 3.87. The van der Waals surface area contributed by atoms with Crippen LogP contribution in [0.15, 0.2) is 51.4 Å². The summed E-state index contributed by atoms with van der Waals surface area (Å²) in [4.78, 5) is 9.61. The summed E-state index contributed by atoms with van der Waals surface area (Å²) in [7, 11) is 1.56. The van der Waals surface area contributed by atoms with Gasteiger partial charge in [0.25, 0.3) is 0 Å². The minimum atomic E-state index is 0.261. The fourth-order valence-electron chi connectivity index (χ4n) is 1.99. The van der Waals surface area contributed by atoms with Crippen LogP contribution in [-0.2, 0) is 6.54 Å². The quantitative estimate of drug-likeness (QED) is 0.529. The molecule has 0 radical (unpaired) electrons. The van der Waals surface area contributed by atoms with Crippen molar-refractivity contribution in [3.05, 3.63) is 52.7 Å². The average molecular weight is 363 g/mol. The summed E-state index contributed by atoms with van der Waals surface area (Å²) in [6, 6.07) is 9.17.